The van der Waals surface area contributed by atoms with Crippen molar-refractivity contribution in [3.05, 3.63) is 23.8 Å². The van der Waals surface area contributed by atoms with Crippen LogP contribution in [-0.2, 0) is 9.53 Å². The number of hydrogen-bond acceptors (Lipinski definition) is 2. The van der Waals surface area contributed by atoms with Crippen LogP contribution in [0.5, 0.6) is 0 Å². The van der Waals surface area contributed by atoms with Gasteiger partial charge in [0.1, 0.15) is 0 Å². The summed E-state index contributed by atoms with van der Waals surface area (Å²) >= 11 is 0. The van der Waals surface area contributed by atoms with Gasteiger partial charge in [0.15, 0.2) is 5.78 Å². The second-order valence-corrected chi connectivity index (χ2v) is 8.99. The molecule has 5 rings (SSSR count). The van der Waals surface area contributed by atoms with E-state index in [1.807, 2.05) is 6.08 Å². The van der Waals surface area contributed by atoms with Gasteiger partial charge in [0, 0.05) is 11.8 Å². The molecule has 6 atom stereocenters. The molecule has 4 aliphatic carbocycles. The smallest absolute Gasteiger partial charge is 0.155 e. The van der Waals surface area contributed by atoms with E-state index in [1.165, 1.54) is 50.5 Å². The van der Waals surface area contributed by atoms with Crippen molar-refractivity contribution in [2.75, 3.05) is 6.61 Å². The Kier molecular flexibility index (Phi) is 3.40. The van der Waals surface area contributed by atoms with Crippen LogP contribution in [0.4, 0.5) is 0 Å². The zero-order chi connectivity index (χ0) is 16.4. The molecule has 130 valence electrons. The average Bonchev–Trinajstić information content (AvgIpc) is 3.21. The fourth-order valence-electron chi connectivity index (χ4n) is 7.72. The molecule has 5 aliphatic rings. The van der Waals surface area contributed by atoms with Gasteiger partial charge in [0.25, 0.3) is 0 Å². The van der Waals surface area contributed by atoms with Crippen molar-refractivity contribution >= 4 is 5.78 Å². The van der Waals surface area contributed by atoms with Crippen LogP contribution < -0.4 is 0 Å². The highest BCUT2D eigenvalue weighted by molar-refractivity contribution is 5.91. The minimum atomic E-state index is 0.0516. The van der Waals surface area contributed by atoms with Crippen LogP contribution in [-0.4, -0.2) is 18.0 Å². The van der Waals surface area contributed by atoms with Crippen molar-refractivity contribution in [2.24, 2.45) is 29.1 Å². The lowest BCUT2D eigenvalue weighted by Gasteiger charge is -2.56. The molecular weight excluding hydrogens is 296 g/mol. The summed E-state index contributed by atoms with van der Waals surface area (Å²) < 4.78 is 6.40. The molecular formula is C22H30O2. The number of allylic oxidation sites excluding steroid dienone is 1. The van der Waals surface area contributed by atoms with Gasteiger partial charge in [-0.3, -0.25) is 4.79 Å². The first-order valence-electron chi connectivity index (χ1n) is 10.2. The summed E-state index contributed by atoms with van der Waals surface area (Å²) in [5, 5.41) is 0. The topological polar surface area (TPSA) is 26.3 Å². The highest BCUT2D eigenvalue weighted by Crippen LogP contribution is 2.68. The van der Waals surface area contributed by atoms with Crippen LogP contribution in [0.2, 0.25) is 0 Å². The fraction of sp³-hybridized carbons (Fsp3) is 0.773. The predicted octanol–water partition coefficient (Wildman–Crippen LogP) is 4.84. The van der Waals surface area contributed by atoms with Crippen LogP contribution in [0.15, 0.2) is 23.8 Å². The van der Waals surface area contributed by atoms with Gasteiger partial charge in [-0.05, 0) is 81.1 Å². The second kappa shape index (κ2) is 5.30. The molecule has 0 saturated heterocycles. The van der Waals surface area contributed by atoms with Crippen molar-refractivity contribution in [3.63, 3.8) is 0 Å². The minimum absolute atomic E-state index is 0.0516. The normalized spacial score (nSPS) is 49.7. The Bertz CT molecular complexity index is 617. The van der Waals surface area contributed by atoms with E-state index in [2.05, 4.69) is 19.1 Å². The van der Waals surface area contributed by atoms with Gasteiger partial charge in [-0.15, -0.1) is 0 Å². The van der Waals surface area contributed by atoms with Gasteiger partial charge in [0.05, 0.1) is 12.2 Å². The third kappa shape index (κ3) is 1.84. The molecule has 24 heavy (non-hydrogen) atoms. The highest BCUT2D eigenvalue weighted by atomic mass is 16.5. The van der Waals surface area contributed by atoms with Gasteiger partial charge >= 0.3 is 0 Å². The zero-order valence-electron chi connectivity index (χ0n) is 14.9. The summed E-state index contributed by atoms with van der Waals surface area (Å²) in [6, 6.07) is 0. The van der Waals surface area contributed by atoms with E-state index < -0.39 is 0 Å². The highest BCUT2D eigenvalue weighted by Gasteiger charge is 2.64. The molecule has 1 heterocycles. The molecule has 3 fully saturated rings. The Morgan fingerprint density at radius 3 is 2.83 bits per heavy atom. The summed E-state index contributed by atoms with van der Waals surface area (Å²) in [7, 11) is 0. The monoisotopic (exact) mass is 326 g/mol. The van der Waals surface area contributed by atoms with Crippen molar-refractivity contribution in [3.8, 4) is 0 Å². The Balaban J connectivity index is 1.49. The maximum atomic E-state index is 11.8. The van der Waals surface area contributed by atoms with Crippen molar-refractivity contribution < 1.29 is 9.53 Å². The first-order chi connectivity index (χ1) is 11.7. The summed E-state index contributed by atoms with van der Waals surface area (Å²) in [6.07, 6.45) is 17.6. The third-order valence-electron chi connectivity index (χ3n) is 8.63. The summed E-state index contributed by atoms with van der Waals surface area (Å²) in [5.74, 6) is 3.63. The summed E-state index contributed by atoms with van der Waals surface area (Å²) in [6.45, 7) is 3.23. The van der Waals surface area contributed by atoms with E-state index in [9.17, 15) is 4.79 Å². The van der Waals surface area contributed by atoms with Crippen LogP contribution in [0.1, 0.15) is 64.7 Å². The van der Waals surface area contributed by atoms with E-state index in [4.69, 9.17) is 4.74 Å². The second-order valence-electron chi connectivity index (χ2n) is 8.99. The van der Waals surface area contributed by atoms with Crippen LogP contribution >= 0.6 is 0 Å². The Morgan fingerprint density at radius 1 is 1.12 bits per heavy atom. The number of carbonyl (C=O) groups excluding carboxylic acids is 1. The van der Waals surface area contributed by atoms with Crippen molar-refractivity contribution in [1.82, 2.24) is 0 Å². The lowest BCUT2D eigenvalue weighted by Crippen LogP contribution is -2.53. The Labute approximate surface area is 145 Å². The summed E-state index contributed by atoms with van der Waals surface area (Å²) in [5.41, 5.74) is 1.93. The van der Waals surface area contributed by atoms with Crippen LogP contribution in [0.3, 0.4) is 0 Å². The quantitative estimate of drug-likeness (QED) is 0.644. The van der Waals surface area contributed by atoms with Gasteiger partial charge in [-0.1, -0.05) is 24.6 Å². The maximum Gasteiger partial charge on any atom is 0.155 e. The zero-order valence-corrected chi connectivity index (χ0v) is 14.9. The van der Waals surface area contributed by atoms with Gasteiger partial charge in [-0.25, -0.2) is 0 Å². The van der Waals surface area contributed by atoms with Crippen LogP contribution in [0.25, 0.3) is 0 Å². The number of fused-ring (bicyclic) bond motifs is 6. The molecule has 0 N–H and O–H groups in total. The molecule has 0 aromatic carbocycles. The van der Waals surface area contributed by atoms with Crippen molar-refractivity contribution in [2.45, 2.75) is 70.3 Å². The number of rotatable bonds is 1. The van der Waals surface area contributed by atoms with E-state index in [0.717, 1.165) is 37.2 Å². The van der Waals surface area contributed by atoms with Crippen molar-refractivity contribution in [1.29, 1.82) is 0 Å². The lowest BCUT2D eigenvalue weighted by atomic mass is 9.49. The van der Waals surface area contributed by atoms with E-state index >= 15 is 0 Å². The molecule has 0 aromatic heterocycles. The first kappa shape index (κ1) is 15.4. The number of ether oxygens (including phenoxy) is 1. The molecule has 0 aromatic rings. The fourth-order valence-corrected chi connectivity index (χ4v) is 7.72. The maximum absolute atomic E-state index is 11.8. The molecule has 1 spiro atoms. The largest absolute Gasteiger partial charge is 0.366 e. The van der Waals surface area contributed by atoms with E-state index in [0.29, 0.717) is 17.1 Å². The summed E-state index contributed by atoms with van der Waals surface area (Å²) in [4.78, 5) is 11.8. The van der Waals surface area contributed by atoms with Gasteiger partial charge < -0.3 is 4.74 Å². The molecule has 5 unspecified atom stereocenters. The van der Waals surface area contributed by atoms with E-state index in [1.54, 1.807) is 0 Å². The predicted molar refractivity (Wildman–Crippen MR) is 94.5 cm³/mol. The molecule has 1 aliphatic heterocycles. The van der Waals surface area contributed by atoms with Gasteiger partial charge in [0.2, 0.25) is 0 Å². The lowest BCUT2D eigenvalue weighted by molar-refractivity contribution is -0.124. The third-order valence-corrected chi connectivity index (χ3v) is 8.63. The molecule has 3 saturated carbocycles. The number of carbonyl (C=O) groups is 1. The number of hydrogen-bond donors (Lipinski definition) is 0. The minimum Gasteiger partial charge on any atom is -0.366 e. The molecule has 0 bridgehead atoms. The molecule has 0 radical (unpaired) electrons. The van der Waals surface area contributed by atoms with Gasteiger partial charge in [-0.2, -0.15) is 0 Å². The molecule has 2 heteroatoms. The number of ketones is 1. The van der Waals surface area contributed by atoms with E-state index in [-0.39, 0.29) is 5.60 Å². The Morgan fingerprint density at radius 2 is 2.04 bits per heavy atom. The van der Waals surface area contributed by atoms with Crippen LogP contribution in [0, 0.1) is 29.1 Å². The molecule has 2 nitrogen and oxygen atoms in total. The average molecular weight is 326 g/mol. The Hall–Kier alpha value is -0.890. The first-order valence-corrected chi connectivity index (χ1v) is 10.2. The SMILES string of the molecule is CCC12CCC3C4CCC(=O)C=C4CCC3C1CC[C@@]21C=CCO1. The molecule has 0 amide bonds. The standard InChI is InChI=1S/C22H30O2/c1-2-21-11-8-18-17-7-5-16(23)14-15(17)4-6-19(18)20(21)9-12-22(21)10-3-13-24-22/h3,10,14,17-20H,2,4-9,11-13H2,1H3/t17?,18?,19?,20?,21?,22-/m0/s1.